The van der Waals surface area contributed by atoms with Crippen LogP contribution in [0.1, 0.15) is 20.8 Å². The van der Waals surface area contributed by atoms with Gasteiger partial charge in [0.1, 0.15) is 5.69 Å². The molecule has 0 radical (unpaired) electrons. The van der Waals surface area contributed by atoms with Crippen molar-refractivity contribution in [3.05, 3.63) is 102 Å². The summed E-state index contributed by atoms with van der Waals surface area (Å²) in [7, 11) is 3.83. The largest absolute Gasteiger partial charge is 0.323 e. The number of nitrogens with one attached hydrogen (secondary N) is 4. The number of nitrogens with zero attached hydrogens (tertiary/aromatic N) is 3. The zero-order valence-electron chi connectivity index (χ0n) is 20.9. The maximum absolute atomic E-state index is 12.7. The number of likely N-dealkylation sites (N-methyl/N-ethyl adjacent to an activating group) is 1. The minimum absolute atomic E-state index is 0.238. The molecule has 4 aromatic rings. The van der Waals surface area contributed by atoms with Crippen LogP contribution in [0.2, 0.25) is 0 Å². The van der Waals surface area contributed by atoms with Crippen LogP contribution >= 0.6 is 0 Å². The van der Waals surface area contributed by atoms with Crippen LogP contribution in [0.25, 0.3) is 11.4 Å². The van der Waals surface area contributed by atoms with Gasteiger partial charge in [0.15, 0.2) is 0 Å². The molecule has 2 aromatic carbocycles. The van der Waals surface area contributed by atoms with Crippen LogP contribution in [-0.4, -0.2) is 58.4 Å². The zero-order chi connectivity index (χ0) is 26.9. The molecule has 0 atom stereocenters. The topological polar surface area (TPSA) is 132 Å². The number of H-pyrrole nitrogens is 1. The third-order valence-electron chi connectivity index (χ3n) is 5.31. The molecule has 0 aliphatic carbocycles. The van der Waals surface area contributed by atoms with Crippen LogP contribution in [0.15, 0.2) is 91.1 Å². The third kappa shape index (κ3) is 7.21. The van der Waals surface area contributed by atoms with Gasteiger partial charge in [-0.3, -0.25) is 19.5 Å². The van der Waals surface area contributed by atoms with Crippen molar-refractivity contribution in [2.45, 2.75) is 0 Å². The van der Waals surface area contributed by atoms with Crippen LogP contribution < -0.4 is 16.0 Å². The maximum atomic E-state index is 12.7. The second-order valence-corrected chi connectivity index (χ2v) is 8.60. The molecule has 0 spiro atoms. The van der Waals surface area contributed by atoms with E-state index in [9.17, 15) is 14.4 Å². The molecule has 0 bridgehead atoms. The van der Waals surface area contributed by atoms with Gasteiger partial charge in [0.05, 0.1) is 11.4 Å². The van der Waals surface area contributed by atoms with Crippen molar-refractivity contribution >= 4 is 34.8 Å². The normalized spacial score (nSPS) is 10.9. The highest BCUT2D eigenvalue weighted by atomic mass is 16.2. The van der Waals surface area contributed by atoms with E-state index in [2.05, 4.69) is 31.1 Å². The van der Waals surface area contributed by atoms with Gasteiger partial charge in [-0.25, -0.2) is 4.98 Å². The van der Waals surface area contributed by atoms with Crippen molar-refractivity contribution in [2.75, 3.05) is 36.6 Å². The number of carbonyl (C=O) groups excluding carboxylic acids is 3. The molecule has 0 fully saturated rings. The van der Waals surface area contributed by atoms with Gasteiger partial charge in [-0.1, -0.05) is 12.1 Å². The van der Waals surface area contributed by atoms with Gasteiger partial charge in [-0.15, -0.1) is 0 Å². The van der Waals surface area contributed by atoms with Crippen LogP contribution in [0.3, 0.4) is 0 Å². The number of hydrogen-bond acceptors (Lipinski definition) is 6. The smallest absolute Gasteiger partial charge is 0.274 e. The molecular weight excluding hydrogens is 482 g/mol. The average molecular weight is 510 g/mol. The van der Waals surface area contributed by atoms with Crippen molar-refractivity contribution in [1.82, 2.24) is 20.1 Å². The molecule has 4 rings (SSSR count). The Balaban J connectivity index is 1.31. The number of aromatic amines is 1. The standard InChI is InChI=1S/C28H27N7O3/c1-35(2)18-4-7-26(36)30-20-10-8-19(9-11-20)27(37)31-21-12-14-22(15-13-21)32-28(38)25-6-3-5-23(33-25)24-16-17-29-34-24/h3-17H,18H2,1-2H3,(H,29,34)(H,30,36)(H,31,37)(H,32,38)/b7-4+. The van der Waals surface area contributed by atoms with Crippen LogP contribution in [0, 0.1) is 0 Å². The van der Waals surface area contributed by atoms with E-state index in [1.54, 1.807) is 85.1 Å². The molecule has 10 heteroatoms. The Morgan fingerprint density at radius 1 is 0.816 bits per heavy atom. The monoisotopic (exact) mass is 509 g/mol. The molecule has 2 aromatic heterocycles. The molecule has 0 saturated heterocycles. The van der Waals surface area contributed by atoms with Crippen LogP contribution in [0.4, 0.5) is 17.1 Å². The molecule has 0 aliphatic rings. The Morgan fingerprint density at radius 3 is 2.08 bits per heavy atom. The van der Waals surface area contributed by atoms with E-state index in [1.807, 2.05) is 19.0 Å². The Morgan fingerprint density at radius 2 is 1.45 bits per heavy atom. The molecule has 0 saturated carbocycles. The lowest BCUT2D eigenvalue weighted by molar-refractivity contribution is -0.111. The lowest BCUT2D eigenvalue weighted by Gasteiger charge is -2.09. The highest BCUT2D eigenvalue weighted by molar-refractivity contribution is 6.06. The summed E-state index contributed by atoms with van der Waals surface area (Å²) in [6.45, 7) is 0.664. The Kier molecular flexibility index (Phi) is 8.37. The third-order valence-corrected chi connectivity index (χ3v) is 5.31. The van der Waals surface area contributed by atoms with Crippen molar-refractivity contribution in [2.24, 2.45) is 0 Å². The first kappa shape index (κ1) is 26.0. The molecule has 2 heterocycles. The van der Waals surface area contributed by atoms with E-state index in [0.29, 0.717) is 40.6 Å². The molecule has 10 nitrogen and oxygen atoms in total. The summed E-state index contributed by atoms with van der Waals surface area (Å²) in [6.07, 6.45) is 4.86. The second kappa shape index (κ2) is 12.2. The van der Waals surface area contributed by atoms with Crippen molar-refractivity contribution in [1.29, 1.82) is 0 Å². The lowest BCUT2D eigenvalue weighted by Crippen LogP contribution is -2.15. The fraction of sp³-hybridized carbons (Fsp3) is 0.107. The van der Waals surface area contributed by atoms with Crippen molar-refractivity contribution in [3.63, 3.8) is 0 Å². The van der Waals surface area contributed by atoms with E-state index in [4.69, 9.17) is 0 Å². The van der Waals surface area contributed by atoms with Gasteiger partial charge in [0, 0.05) is 41.4 Å². The molecule has 38 heavy (non-hydrogen) atoms. The van der Waals surface area contributed by atoms with Gasteiger partial charge < -0.3 is 20.9 Å². The summed E-state index contributed by atoms with van der Waals surface area (Å²) >= 11 is 0. The summed E-state index contributed by atoms with van der Waals surface area (Å²) in [5.74, 6) is -0.897. The van der Waals surface area contributed by atoms with E-state index in [0.717, 1.165) is 0 Å². The fourth-order valence-corrected chi connectivity index (χ4v) is 3.40. The van der Waals surface area contributed by atoms with Crippen LogP contribution in [0.5, 0.6) is 0 Å². The Bertz CT molecular complexity index is 1430. The molecular formula is C28H27N7O3. The summed E-state index contributed by atoms with van der Waals surface area (Å²) in [6, 6.07) is 20.3. The van der Waals surface area contributed by atoms with Gasteiger partial charge >= 0.3 is 0 Å². The van der Waals surface area contributed by atoms with Crippen molar-refractivity contribution in [3.8, 4) is 11.4 Å². The van der Waals surface area contributed by atoms with Gasteiger partial charge in [0.25, 0.3) is 11.8 Å². The minimum atomic E-state index is -0.358. The van der Waals surface area contributed by atoms with Gasteiger partial charge in [-0.05, 0) is 80.8 Å². The van der Waals surface area contributed by atoms with E-state index in [1.165, 1.54) is 6.08 Å². The first-order valence-corrected chi connectivity index (χ1v) is 11.8. The van der Waals surface area contributed by atoms with Gasteiger partial charge in [-0.2, -0.15) is 5.10 Å². The number of hydrogen-bond donors (Lipinski definition) is 4. The summed E-state index contributed by atoms with van der Waals surface area (Å²) in [4.78, 5) is 43.6. The molecule has 3 amide bonds. The number of pyridine rings is 1. The fourth-order valence-electron chi connectivity index (χ4n) is 3.40. The minimum Gasteiger partial charge on any atom is -0.323 e. The number of benzene rings is 2. The van der Waals surface area contributed by atoms with E-state index in [-0.39, 0.29) is 23.4 Å². The predicted molar refractivity (Wildman–Crippen MR) is 147 cm³/mol. The predicted octanol–water partition coefficient (Wildman–Crippen LogP) is 4.03. The Hall–Kier alpha value is -5.09. The van der Waals surface area contributed by atoms with E-state index < -0.39 is 0 Å². The quantitative estimate of drug-likeness (QED) is 0.252. The molecule has 0 aliphatic heterocycles. The van der Waals surface area contributed by atoms with Crippen molar-refractivity contribution < 1.29 is 14.4 Å². The zero-order valence-corrected chi connectivity index (χ0v) is 20.9. The number of carbonyl (C=O) groups is 3. The highest BCUT2D eigenvalue weighted by Gasteiger charge is 2.11. The molecule has 192 valence electrons. The highest BCUT2D eigenvalue weighted by Crippen LogP contribution is 2.18. The number of amides is 3. The Labute approximate surface area is 219 Å². The summed E-state index contributed by atoms with van der Waals surface area (Å²) in [5, 5.41) is 15.1. The maximum Gasteiger partial charge on any atom is 0.274 e. The molecule has 4 N–H and O–H groups in total. The summed E-state index contributed by atoms with van der Waals surface area (Å²) < 4.78 is 0. The van der Waals surface area contributed by atoms with Gasteiger partial charge in [0.2, 0.25) is 5.91 Å². The number of aromatic nitrogens is 3. The SMILES string of the molecule is CN(C)C/C=C/C(=O)Nc1ccc(C(=O)Nc2ccc(NC(=O)c3cccc(-c4ccn[nH]4)n3)cc2)cc1. The summed E-state index contributed by atoms with van der Waals surface area (Å²) in [5.41, 5.74) is 3.74. The lowest BCUT2D eigenvalue weighted by atomic mass is 10.2. The van der Waals surface area contributed by atoms with E-state index >= 15 is 0 Å². The first-order valence-electron chi connectivity index (χ1n) is 11.8. The number of anilines is 3. The molecule has 0 unspecified atom stereocenters. The second-order valence-electron chi connectivity index (χ2n) is 8.60. The van der Waals surface area contributed by atoms with Crippen LogP contribution in [-0.2, 0) is 4.79 Å². The average Bonchev–Trinajstić information content (AvgIpc) is 3.45. The first-order chi connectivity index (χ1) is 18.4. The number of rotatable bonds is 9.